The van der Waals surface area contributed by atoms with Crippen LogP contribution in [0.1, 0.15) is 40.5 Å². The Hall–Kier alpha value is -2.32. The van der Waals surface area contributed by atoms with E-state index >= 15 is 0 Å². The minimum atomic E-state index is -0.566. The number of aliphatic hydroxyl groups is 1. The second-order valence-corrected chi connectivity index (χ2v) is 8.93. The molecule has 0 aromatic carbocycles. The highest BCUT2D eigenvalue weighted by Gasteiger charge is 2.15. The number of hydrogen-bond donors (Lipinski definition) is 2. The van der Waals surface area contributed by atoms with Gasteiger partial charge in [-0.2, -0.15) is 4.39 Å². The fourth-order valence-corrected chi connectivity index (χ4v) is 4.03. The van der Waals surface area contributed by atoms with Gasteiger partial charge in [-0.3, -0.25) is 4.40 Å². The van der Waals surface area contributed by atoms with Gasteiger partial charge in [0.2, 0.25) is 5.95 Å². The van der Waals surface area contributed by atoms with Crippen molar-refractivity contribution in [1.82, 2.24) is 14.4 Å². The Labute approximate surface area is 180 Å². The third-order valence-corrected chi connectivity index (χ3v) is 5.61. The van der Waals surface area contributed by atoms with Gasteiger partial charge in [0, 0.05) is 35.7 Å². The minimum Gasteiger partial charge on any atom is -0.493 e. The lowest BCUT2D eigenvalue weighted by Gasteiger charge is -2.14. The summed E-state index contributed by atoms with van der Waals surface area (Å²) in [5.74, 6) is 0.674. The van der Waals surface area contributed by atoms with Crippen molar-refractivity contribution >= 4 is 23.2 Å². The van der Waals surface area contributed by atoms with Crippen LogP contribution in [-0.2, 0) is 0 Å². The number of fused-ring (bicyclic) bond motifs is 1. The first-order chi connectivity index (χ1) is 14.4. The Balaban J connectivity index is 1.95. The molecule has 6 nitrogen and oxygen atoms in total. The molecule has 0 saturated carbocycles. The maximum absolute atomic E-state index is 14.2. The summed E-state index contributed by atoms with van der Waals surface area (Å²) in [6.45, 7) is 9.24. The van der Waals surface area contributed by atoms with Crippen LogP contribution in [0.25, 0.3) is 16.9 Å². The molecule has 30 heavy (non-hydrogen) atoms. The lowest BCUT2D eigenvalue weighted by Crippen LogP contribution is -2.13. The molecule has 0 aliphatic heterocycles. The van der Waals surface area contributed by atoms with E-state index in [2.05, 4.69) is 29.1 Å². The largest absolute Gasteiger partial charge is 0.493 e. The number of anilines is 1. The summed E-state index contributed by atoms with van der Waals surface area (Å²) in [6.07, 6.45) is 4.62. The highest BCUT2D eigenvalue weighted by Crippen LogP contribution is 2.35. The number of aromatic nitrogens is 3. The standard InChI is InChI=1S/C22H29FN4O2S/c1-5-16(28)7-8-24-21-10-15(9-20(23)26-21)17-12-25-22-11-18(29-6-2)19(13-27(17)22)30-14(3)4/h9-14,16,28H,5-8H2,1-4H3,(H,24,26). The van der Waals surface area contributed by atoms with E-state index in [-0.39, 0.29) is 6.10 Å². The van der Waals surface area contributed by atoms with Crippen molar-refractivity contribution < 1.29 is 14.2 Å². The van der Waals surface area contributed by atoms with Crippen molar-refractivity contribution in [2.24, 2.45) is 0 Å². The van der Waals surface area contributed by atoms with Crippen LogP contribution in [-0.4, -0.2) is 44.0 Å². The second-order valence-electron chi connectivity index (χ2n) is 7.31. The summed E-state index contributed by atoms with van der Waals surface area (Å²) >= 11 is 1.71. The molecule has 0 saturated heterocycles. The van der Waals surface area contributed by atoms with Crippen LogP contribution in [0.4, 0.5) is 10.2 Å². The topological polar surface area (TPSA) is 71.7 Å². The molecule has 3 aromatic rings. The molecular formula is C22H29FN4O2S. The molecule has 0 fully saturated rings. The van der Waals surface area contributed by atoms with Crippen molar-refractivity contribution in [3.05, 3.63) is 36.5 Å². The number of imidazole rings is 1. The Kier molecular flexibility index (Phi) is 7.55. The third kappa shape index (κ3) is 5.43. The normalized spacial score (nSPS) is 12.5. The monoisotopic (exact) mass is 432 g/mol. The Morgan fingerprint density at radius 2 is 2.07 bits per heavy atom. The van der Waals surface area contributed by atoms with Gasteiger partial charge in [-0.15, -0.1) is 11.8 Å². The molecule has 3 heterocycles. The van der Waals surface area contributed by atoms with Crippen LogP contribution >= 0.6 is 11.8 Å². The molecule has 0 aliphatic carbocycles. The number of hydrogen-bond acceptors (Lipinski definition) is 6. The molecular weight excluding hydrogens is 403 g/mol. The van der Waals surface area contributed by atoms with Gasteiger partial charge in [0.25, 0.3) is 0 Å². The van der Waals surface area contributed by atoms with Crippen LogP contribution in [0.15, 0.2) is 35.5 Å². The SMILES string of the molecule is CCOc1cc2ncc(-c3cc(F)nc(NCCC(O)CC)c3)n2cc1SC(C)C. The lowest BCUT2D eigenvalue weighted by molar-refractivity contribution is 0.164. The van der Waals surface area contributed by atoms with Crippen molar-refractivity contribution in [2.75, 3.05) is 18.5 Å². The van der Waals surface area contributed by atoms with Crippen molar-refractivity contribution in [1.29, 1.82) is 0 Å². The second kappa shape index (κ2) is 10.1. The first-order valence-electron chi connectivity index (χ1n) is 10.3. The van der Waals surface area contributed by atoms with Gasteiger partial charge < -0.3 is 15.2 Å². The average Bonchev–Trinajstić information content (AvgIpc) is 3.10. The van der Waals surface area contributed by atoms with Crippen LogP contribution in [0.5, 0.6) is 5.75 Å². The highest BCUT2D eigenvalue weighted by molar-refractivity contribution is 8.00. The summed E-state index contributed by atoms with van der Waals surface area (Å²) in [4.78, 5) is 9.43. The van der Waals surface area contributed by atoms with Crippen molar-refractivity contribution in [3.63, 3.8) is 0 Å². The van der Waals surface area contributed by atoms with E-state index < -0.39 is 5.95 Å². The van der Waals surface area contributed by atoms with E-state index in [1.807, 2.05) is 30.5 Å². The summed E-state index contributed by atoms with van der Waals surface area (Å²) in [5, 5.41) is 13.2. The zero-order chi connectivity index (χ0) is 21.7. The van der Waals surface area contributed by atoms with Crippen LogP contribution in [0, 0.1) is 5.95 Å². The fraction of sp³-hybridized carbons (Fsp3) is 0.455. The van der Waals surface area contributed by atoms with Crippen molar-refractivity contribution in [3.8, 4) is 17.0 Å². The molecule has 0 bridgehead atoms. The zero-order valence-electron chi connectivity index (χ0n) is 17.9. The molecule has 3 rings (SSSR count). The van der Waals surface area contributed by atoms with E-state index in [4.69, 9.17) is 4.74 Å². The molecule has 0 aliphatic rings. The van der Waals surface area contributed by atoms with Crippen molar-refractivity contribution in [2.45, 2.75) is 56.8 Å². The molecule has 0 radical (unpaired) electrons. The third-order valence-electron chi connectivity index (χ3n) is 4.58. The van der Waals surface area contributed by atoms with Gasteiger partial charge in [0.05, 0.1) is 29.5 Å². The molecule has 0 amide bonds. The number of pyridine rings is 2. The van der Waals surface area contributed by atoms with E-state index in [9.17, 15) is 9.50 Å². The van der Waals surface area contributed by atoms with E-state index in [1.165, 1.54) is 6.07 Å². The van der Waals surface area contributed by atoms with Gasteiger partial charge in [-0.05, 0) is 25.8 Å². The quantitative estimate of drug-likeness (QED) is 0.347. The maximum Gasteiger partial charge on any atom is 0.215 e. The smallest absolute Gasteiger partial charge is 0.215 e. The number of aliphatic hydroxyl groups excluding tert-OH is 1. The molecule has 3 aromatic heterocycles. The predicted octanol–water partition coefficient (Wildman–Crippen LogP) is 5.01. The fourth-order valence-electron chi connectivity index (χ4n) is 3.12. The minimum absolute atomic E-state index is 0.374. The number of ether oxygens (including phenoxy) is 1. The summed E-state index contributed by atoms with van der Waals surface area (Å²) in [7, 11) is 0. The molecule has 0 spiro atoms. The first kappa shape index (κ1) is 22.4. The van der Waals surface area contributed by atoms with Gasteiger partial charge in [-0.1, -0.05) is 20.8 Å². The van der Waals surface area contributed by atoms with Crippen LogP contribution in [0.3, 0.4) is 0 Å². The van der Waals surface area contributed by atoms with Gasteiger partial charge in [0.15, 0.2) is 0 Å². The Bertz CT molecular complexity index is 993. The summed E-state index contributed by atoms with van der Waals surface area (Å²) < 4.78 is 22.0. The molecule has 8 heteroatoms. The van der Waals surface area contributed by atoms with Gasteiger partial charge in [-0.25, -0.2) is 9.97 Å². The zero-order valence-corrected chi connectivity index (χ0v) is 18.7. The summed E-state index contributed by atoms with van der Waals surface area (Å²) in [6, 6.07) is 5.12. The molecule has 2 N–H and O–H groups in total. The highest BCUT2D eigenvalue weighted by atomic mass is 32.2. The first-order valence-corrected chi connectivity index (χ1v) is 11.2. The number of nitrogens with one attached hydrogen (secondary N) is 1. The Morgan fingerprint density at radius 3 is 2.77 bits per heavy atom. The number of nitrogens with zero attached hydrogens (tertiary/aromatic N) is 3. The van der Waals surface area contributed by atoms with Crippen LogP contribution < -0.4 is 10.1 Å². The molecule has 1 unspecified atom stereocenters. The number of rotatable bonds is 10. The van der Waals surface area contributed by atoms with E-state index in [0.717, 1.165) is 22.0 Å². The van der Waals surface area contributed by atoms with Gasteiger partial charge in [0.1, 0.15) is 17.2 Å². The molecule has 1 atom stereocenters. The molecule has 162 valence electrons. The average molecular weight is 433 g/mol. The van der Waals surface area contributed by atoms with Gasteiger partial charge >= 0.3 is 0 Å². The van der Waals surface area contributed by atoms with Crippen LogP contribution in [0.2, 0.25) is 0 Å². The number of thioether (sulfide) groups is 1. The van der Waals surface area contributed by atoms with E-state index in [0.29, 0.717) is 42.6 Å². The summed E-state index contributed by atoms with van der Waals surface area (Å²) in [5.41, 5.74) is 2.19. The maximum atomic E-state index is 14.2. The number of halogens is 1. The van der Waals surface area contributed by atoms with E-state index in [1.54, 1.807) is 24.0 Å². The lowest BCUT2D eigenvalue weighted by atomic mass is 10.2. The Morgan fingerprint density at radius 1 is 1.27 bits per heavy atom. The predicted molar refractivity (Wildman–Crippen MR) is 120 cm³/mol.